The molecule has 170 valence electrons. The van der Waals surface area contributed by atoms with Crippen LogP contribution in [0.25, 0.3) is 0 Å². The highest BCUT2D eigenvalue weighted by Crippen LogP contribution is 2.33. The Labute approximate surface area is 186 Å². The highest BCUT2D eigenvalue weighted by atomic mass is 16.7. The Balaban J connectivity index is 1.80. The highest BCUT2D eigenvalue weighted by molar-refractivity contribution is 6.62. The fraction of sp³-hybridized carbons (Fsp3) is 0.769. The van der Waals surface area contributed by atoms with Gasteiger partial charge in [0.2, 0.25) is 0 Å². The minimum absolute atomic E-state index is 0.109. The van der Waals surface area contributed by atoms with Crippen molar-refractivity contribution in [3.05, 3.63) is 24.3 Å². The normalized spacial score (nSPS) is 18.9. The Hall–Kier alpha value is -0.995. The third-order valence-electron chi connectivity index (χ3n) is 6.51. The van der Waals surface area contributed by atoms with Crippen LogP contribution in [0.2, 0.25) is 0 Å². The van der Waals surface area contributed by atoms with E-state index in [4.69, 9.17) is 15.0 Å². The molecule has 0 radical (unpaired) electrons. The van der Waals surface area contributed by atoms with E-state index >= 15 is 0 Å². The lowest BCUT2D eigenvalue weighted by molar-refractivity contribution is 0.0659. The van der Waals surface area contributed by atoms with Crippen molar-refractivity contribution in [2.45, 2.75) is 122 Å². The molecule has 0 bridgehead atoms. The Morgan fingerprint density at radius 1 is 0.800 bits per heavy atom. The predicted molar refractivity (Wildman–Crippen MR) is 131 cm³/mol. The first-order valence-electron chi connectivity index (χ1n) is 12.8. The van der Waals surface area contributed by atoms with Crippen LogP contribution < -0.4 is 11.2 Å². The van der Waals surface area contributed by atoms with Crippen LogP contribution in [0.1, 0.15) is 117 Å². The zero-order valence-corrected chi connectivity index (χ0v) is 19.8. The van der Waals surface area contributed by atoms with Crippen LogP contribution in [0.4, 0.5) is 5.69 Å². The van der Waals surface area contributed by atoms with E-state index < -0.39 is 0 Å². The van der Waals surface area contributed by atoms with Gasteiger partial charge in [-0.25, -0.2) is 0 Å². The number of nitrogen functional groups attached to an aromatic ring is 1. The second-order valence-corrected chi connectivity index (χ2v) is 9.36. The maximum atomic E-state index is 6.60. The van der Waals surface area contributed by atoms with Gasteiger partial charge in [0.25, 0.3) is 0 Å². The summed E-state index contributed by atoms with van der Waals surface area (Å²) in [4.78, 5) is 0. The molecule has 1 aliphatic heterocycles. The molecule has 1 aromatic rings. The highest BCUT2D eigenvalue weighted by Gasteiger charge is 2.43. The van der Waals surface area contributed by atoms with Crippen LogP contribution in [-0.4, -0.2) is 19.3 Å². The lowest BCUT2D eigenvalue weighted by Gasteiger charge is -2.28. The number of hydrogen-bond donors (Lipinski definition) is 1. The van der Waals surface area contributed by atoms with Gasteiger partial charge >= 0.3 is 7.12 Å². The molecule has 0 saturated carbocycles. The van der Waals surface area contributed by atoms with Crippen molar-refractivity contribution in [2.24, 2.45) is 0 Å². The molecule has 0 aliphatic carbocycles. The van der Waals surface area contributed by atoms with Gasteiger partial charge in [-0.15, -0.1) is 0 Å². The molecule has 0 aromatic heterocycles. The summed E-state index contributed by atoms with van der Waals surface area (Å²) in [7, 11) is -0.261. The first-order chi connectivity index (χ1) is 14.7. The number of hydrogen-bond acceptors (Lipinski definition) is 3. The van der Waals surface area contributed by atoms with Crippen LogP contribution in [0.3, 0.4) is 0 Å². The standard InChI is InChI=1S/C26H46BNO2/c1-3-5-7-9-11-12-14-16-21-26(20-15-13-10-8-6-4-2)23-29-27(30-26)24-18-17-19-25(28)22-24/h17-19,22H,3-16,20-21,23,28H2,1-2H3. The Morgan fingerprint density at radius 2 is 1.33 bits per heavy atom. The van der Waals surface area contributed by atoms with Crippen LogP contribution in [-0.2, 0) is 9.31 Å². The number of benzene rings is 1. The number of rotatable bonds is 17. The van der Waals surface area contributed by atoms with E-state index in [2.05, 4.69) is 19.9 Å². The van der Waals surface area contributed by atoms with Crippen LogP contribution in [0.15, 0.2) is 24.3 Å². The summed E-state index contributed by atoms with van der Waals surface area (Å²) in [5.74, 6) is 0. The smallest absolute Gasteiger partial charge is 0.404 e. The average molecular weight is 415 g/mol. The molecule has 1 aliphatic rings. The van der Waals surface area contributed by atoms with Crippen molar-refractivity contribution >= 4 is 18.3 Å². The SMILES string of the molecule is CCCCCCCCCCC1(CCCCCCCC)COB(c2cccc(N)c2)O1. The maximum absolute atomic E-state index is 6.60. The summed E-state index contributed by atoms with van der Waals surface area (Å²) in [5.41, 5.74) is 7.69. The average Bonchev–Trinajstić information content (AvgIpc) is 3.17. The van der Waals surface area contributed by atoms with Gasteiger partial charge in [0.05, 0.1) is 12.2 Å². The van der Waals surface area contributed by atoms with Crippen LogP contribution in [0, 0.1) is 0 Å². The Kier molecular flexibility index (Phi) is 12.6. The zero-order chi connectivity index (χ0) is 21.5. The van der Waals surface area contributed by atoms with Crippen molar-refractivity contribution in [2.75, 3.05) is 12.3 Å². The summed E-state index contributed by atoms with van der Waals surface area (Å²) in [6.45, 7) is 5.28. The minimum Gasteiger partial charge on any atom is -0.404 e. The third-order valence-corrected chi connectivity index (χ3v) is 6.51. The molecule has 3 nitrogen and oxygen atoms in total. The molecule has 4 heteroatoms. The molecular formula is C26H46BNO2. The lowest BCUT2D eigenvalue weighted by atomic mass is 9.78. The van der Waals surface area contributed by atoms with Crippen molar-refractivity contribution in [1.29, 1.82) is 0 Å². The van der Waals surface area contributed by atoms with Gasteiger partial charge < -0.3 is 15.0 Å². The molecule has 0 amide bonds. The van der Waals surface area contributed by atoms with Crippen LogP contribution >= 0.6 is 0 Å². The molecule has 1 saturated heterocycles. The molecule has 1 aromatic carbocycles. The summed E-state index contributed by atoms with van der Waals surface area (Å²) < 4.78 is 12.8. The van der Waals surface area contributed by atoms with E-state index in [-0.39, 0.29) is 12.7 Å². The molecule has 2 N–H and O–H groups in total. The number of nitrogens with two attached hydrogens (primary N) is 1. The van der Waals surface area contributed by atoms with E-state index in [0.29, 0.717) is 0 Å². The Bertz CT molecular complexity index is 568. The van der Waals surface area contributed by atoms with Gasteiger partial charge in [0, 0.05) is 5.69 Å². The topological polar surface area (TPSA) is 44.5 Å². The Morgan fingerprint density at radius 3 is 1.87 bits per heavy atom. The first-order valence-corrected chi connectivity index (χ1v) is 12.8. The predicted octanol–water partition coefficient (Wildman–Crippen LogP) is 7.03. The van der Waals surface area contributed by atoms with E-state index in [1.165, 1.54) is 89.9 Å². The molecule has 30 heavy (non-hydrogen) atoms. The van der Waals surface area contributed by atoms with Gasteiger partial charge in [-0.1, -0.05) is 116 Å². The van der Waals surface area contributed by atoms with E-state index in [0.717, 1.165) is 30.6 Å². The molecule has 0 spiro atoms. The minimum atomic E-state index is -0.261. The van der Waals surface area contributed by atoms with Crippen molar-refractivity contribution < 1.29 is 9.31 Å². The summed E-state index contributed by atoms with van der Waals surface area (Å²) in [5, 5.41) is 0. The van der Waals surface area contributed by atoms with Crippen molar-refractivity contribution in [3.63, 3.8) is 0 Å². The first kappa shape index (κ1) is 25.3. The third kappa shape index (κ3) is 9.43. The van der Waals surface area contributed by atoms with E-state index in [9.17, 15) is 0 Å². The zero-order valence-electron chi connectivity index (χ0n) is 19.8. The maximum Gasteiger partial charge on any atom is 0.494 e. The number of anilines is 1. The summed E-state index contributed by atoms with van der Waals surface area (Å²) in [6, 6.07) is 7.96. The molecule has 1 atom stereocenters. The molecule has 1 unspecified atom stereocenters. The van der Waals surface area contributed by atoms with E-state index in [1.807, 2.05) is 18.2 Å². The van der Waals surface area contributed by atoms with Crippen molar-refractivity contribution in [1.82, 2.24) is 0 Å². The molecule has 1 heterocycles. The van der Waals surface area contributed by atoms with Gasteiger partial charge in [-0.3, -0.25) is 0 Å². The summed E-state index contributed by atoms with van der Waals surface area (Å²) in [6.07, 6.45) is 21.0. The summed E-state index contributed by atoms with van der Waals surface area (Å²) >= 11 is 0. The van der Waals surface area contributed by atoms with Gasteiger partial charge in [0.15, 0.2) is 0 Å². The van der Waals surface area contributed by atoms with Crippen molar-refractivity contribution in [3.8, 4) is 0 Å². The molecule has 2 rings (SSSR count). The lowest BCUT2D eigenvalue weighted by Crippen LogP contribution is -2.37. The molecule has 1 fully saturated rings. The van der Waals surface area contributed by atoms with E-state index in [1.54, 1.807) is 0 Å². The fourth-order valence-electron chi connectivity index (χ4n) is 4.59. The molecular weight excluding hydrogens is 369 g/mol. The fourth-order valence-corrected chi connectivity index (χ4v) is 4.59. The van der Waals surface area contributed by atoms with Gasteiger partial charge in [-0.05, 0) is 30.4 Å². The second kappa shape index (κ2) is 14.9. The monoisotopic (exact) mass is 415 g/mol. The quantitative estimate of drug-likeness (QED) is 0.169. The second-order valence-electron chi connectivity index (χ2n) is 9.36. The van der Waals surface area contributed by atoms with Gasteiger partial charge in [-0.2, -0.15) is 0 Å². The number of unbranched alkanes of at least 4 members (excludes halogenated alkanes) is 12. The largest absolute Gasteiger partial charge is 0.494 e. The van der Waals surface area contributed by atoms with Crippen LogP contribution in [0.5, 0.6) is 0 Å². The van der Waals surface area contributed by atoms with Gasteiger partial charge in [0.1, 0.15) is 0 Å².